The van der Waals surface area contributed by atoms with Gasteiger partial charge in [0.05, 0.1) is 7.11 Å². The van der Waals surface area contributed by atoms with Gasteiger partial charge in [0.15, 0.2) is 0 Å². The second-order valence-electron chi connectivity index (χ2n) is 9.23. The molecule has 1 fully saturated rings. The summed E-state index contributed by atoms with van der Waals surface area (Å²) in [7, 11) is 1.40. The summed E-state index contributed by atoms with van der Waals surface area (Å²) >= 11 is 0. The van der Waals surface area contributed by atoms with Gasteiger partial charge in [0.2, 0.25) is 0 Å². The number of hydrogen-bond acceptors (Lipinski definition) is 6. The van der Waals surface area contributed by atoms with E-state index in [1.165, 1.54) is 7.11 Å². The predicted molar refractivity (Wildman–Crippen MR) is 144 cm³/mol. The third-order valence-corrected chi connectivity index (χ3v) is 6.66. The van der Waals surface area contributed by atoms with Crippen molar-refractivity contribution in [2.24, 2.45) is 5.92 Å². The third-order valence-electron chi connectivity index (χ3n) is 6.66. The molecule has 8 nitrogen and oxygen atoms in total. The van der Waals surface area contributed by atoms with Crippen LogP contribution in [0.4, 0.5) is 4.79 Å². The lowest BCUT2D eigenvalue weighted by Gasteiger charge is -2.31. The largest absolute Gasteiger partial charge is 0.469 e. The zero-order valence-corrected chi connectivity index (χ0v) is 21.3. The maximum absolute atomic E-state index is 12.9. The van der Waals surface area contributed by atoms with Crippen molar-refractivity contribution in [3.63, 3.8) is 0 Å². The lowest BCUT2D eigenvalue weighted by molar-refractivity contribution is -0.142. The number of nitrogens with one attached hydrogen (secondary N) is 2. The van der Waals surface area contributed by atoms with Gasteiger partial charge in [-0.15, -0.1) is 0 Å². The fourth-order valence-electron chi connectivity index (χ4n) is 4.41. The molecule has 2 amide bonds. The first-order valence-corrected chi connectivity index (χ1v) is 12.6. The summed E-state index contributed by atoms with van der Waals surface area (Å²) < 4.78 is 9.92. The van der Waals surface area contributed by atoms with E-state index in [9.17, 15) is 14.4 Å². The molecule has 0 aliphatic carbocycles. The molecule has 3 aromatic rings. The van der Waals surface area contributed by atoms with Gasteiger partial charge in [-0.25, -0.2) is 4.79 Å². The summed E-state index contributed by atoms with van der Waals surface area (Å²) in [5.41, 5.74) is 3.90. The number of ether oxygens (including phenoxy) is 2. The van der Waals surface area contributed by atoms with E-state index in [2.05, 4.69) is 5.32 Å². The molecule has 38 heavy (non-hydrogen) atoms. The average Bonchev–Trinajstić information content (AvgIpc) is 2.96. The van der Waals surface area contributed by atoms with Crippen LogP contribution in [0.3, 0.4) is 0 Å². The van der Waals surface area contributed by atoms with Crippen molar-refractivity contribution in [1.29, 1.82) is 5.41 Å². The molecule has 4 rings (SSSR count). The van der Waals surface area contributed by atoms with Gasteiger partial charge in [0.25, 0.3) is 5.91 Å². The van der Waals surface area contributed by atoms with Gasteiger partial charge in [-0.2, -0.15) is 0 Å². The number of likely N-dealkylation sites (tertiary alicyclic amines) is 1. The maximum atomic E-state index is 12.9. The topological polar surface area (TPSA) is 109 Å². The highest BCUT2D eigenvalue weighted by Gasteiger charge is 2.25. The average molecular weight is 514 g/mol. The van der Waals surface area contributed by atoms with Crippen LogP contribution in [0.15, 0.2) is 78.9 Å². The van der Waals surface area contributed by atoms with E-state index in [4.69, 9.17) is 14.9 Å². The first-order chi connectivity index (χ1) is 18.4. The second kappa shape index (κ2) is 12.7. The molecule has 0 unspecified atom stereocenters. The number of methoxy groups -OCH3 is 1. The Balaban J connectivity index is 1.28. The fraction of sp³-hybridized carbons (Fsp3) is 0.267. The Bertz CT molecular complexity index is 1270. The number of carbonyl (C=O) groups is 3. The van der Waals surface area contributed by atoms with Gasteiger partial charge in [0, 0.05) is 30.6 Å². The van der Waals surface area contributed by atoms with Gasteiger partial charge in [0.1, 0.15) is 12.4 Å². The smallest absolute Gasteiger partial charge is 0.413 e. The van der Waals surface area contributed by atoms with E-state index in [0.717, 1.165) is 29.5 Å². The second-order valence-corrected chi connectivity index (χ2v) is 9.23. The number of benzene rings is 3. The lowest BCUT2D eigenvalue weighted by Crippen LogP contribution is -2.38. The van der Waals surface area contributed by atoms with E-state index in [-0.39, 0.29) is 30.2 Å². The van der Waals surface area contributed by atoms with Crippen molar-refractivity contribution in [3.05, 3.63) is 95.6 Å². The summed E-state index contributed by atoms with van der Waals surface area (Å²) in [6.45, 7) is 1.39. The van der Waals surface area contributed by atoms with Crippen LogP contribution in [-0.2, 0) is 20.9 Å². The van der Waals surface area contributed by atoms with Gasteiger partial charge >= 0.3 is 12.1 Å². The molecule has 1 aliphatic heterocycles. The quantitative estimate of drug-likeness (QED) is 0.262. The number of esters is 1. The van der Waals surface area contributed by atoms with E-state index in [0.29, 0.717) is 30.6 Å². The van der Waals surface area contributed by atoms with E-state index in [1.807, 2.05) is 71.6 Å². The number of rotatable bonds is 7. The molecule has 0 atom stereocenters. The molecule has 1 aliphatic rings. The van der Waals surface area contributed by atoms with Crippen LogP contribution in [0.2, 0.25) is 0 Å². The molecule has 1 saturated heterocycles. The Morgan fingerprint density at radius 2 is 1.45 bits per heavy atom. The molecular formula is C30H31N3O5. The molecule has 8 heteroatoms. The third kappa shape index (κ3) is 7.06. The van der Waals surface area contributed by atoms with Crippen molar-refractivity contribution < 1.29 is 23.9 Å². The van der Waals surface area contributed by atoms with Crippen LogP contribution in [-0.4, -0.2) is 48.9 Å². The first-order valence-electron chi connectivity index (χ1n) is 12.6. The summed E-state index contributed by atoms with van der Waals surface area (Å²) in [6.07, 6.45) is 1.30. The van der Waals surface area contributed by atoms with E-state index in [1.54, 1.807) is 12.1 Å². The summed E-state index contributed by atoms with van der Waals surface area (Å²) in [6, 6.07) is 24.0. The minimum atomic E-state index is -0.684. The minimum Gasteiger partial charge on any atom is -0.469 e. The van der Waals surface area contributed by atoms with Crippen LogP contribution < -0.4 is 5.32 Å². The molecule has 0 radical (unpaired) electrons. The number of amides is 2. The van der Waals surface area contributed by atoms with Crippen molar-refractivity contribution in [2.45, 2.75) is 25.9 Å². The Kier molecular flexibility index (Phi) is 8.87. The lowest BCUT2D eigenvalue weighted by atomic mass is 9.93. The number of hydrogen-bond donors (Lipinski definition) is 2. The van der Waals surface area contributed by atoms with Crippen LogP contribution in [0.1, 0.15) is 40.7 Å². The molecule has 0 bridgehead atoms. The summed E-state index contributed by atoms with van der Waals surface area (Å²) in [5, 5.41) is 10.6. The molecule has 0 spiro atoms. The fourth-order valence-corrected chi connectivity index (χ4v) is 4.41. The van der Waals surface area contributed by atoms with Crippen LogP contribution in [0.25, 0.3) is 11.1 Å². The number of alkyl carbamates (subject to hydrolysis) is 1. The van der Waals surface area contributed by atoms with Gasteiger partial charge in [-0.3, -0.25) is 20.3 Å². The van der Waals surface area contributed by atoms with Gasteiger partial charge in [-0.05, 0) is 47.6 Å². The highest BCUT2D eigenvalue weighted by molar-refractivity contribution is 6.04. The van der Waals surface area contributed by atoms with E-state index < -0.39 is 6.09 Å². The van der Waals surface area contributed by atoms with Crippen LogP contribution in [0.5, 0.6) is 0 Å². The highest BCUT2D eigenvalue weighted by Crippen LogP contribution is 2.24. The zero-order chi connectivity index (χ0) is 26.9. The zero-order valence-electron chi connectivity index (χ0n) is 21.3. The van der Waals surface area contributed by atoms with Crippen molar-refractivity contribution in [2.75, 3.05) is 20.2 Å². The first kappa shape index (κ1) is 26.6. The Hall–Kier alpha value is -4.46. The molecule has 1 heterocycles. The Morgan fingerprint density at radius 1 is 0.868 bits per heavy atom. The van der Waals surface area contributed by atoms with Crippen molar-refractivity contribution in [1.82, 2.24) is 10.2 Å². The Morgan fingerprint density at radius 3 is 2.03 bits per heavy atom. The molecule has 0 saturated carbocycles. The monoisotopic (exact) mass is 513 g/mol. The molecular weight excluding hydrogens is 482 g/mol. The summed E-state index contributed by atoms with van der Waals surface area (Å²) in [5.74, 6) is -0.00527. The number of piperidine rings is 1. The van der Waals surface area contributed by atoms with Crippen LogP contribution in [0, 0.1) is 11.3 Å². The molecule has 2 N–H and O–H groups in total. The number of nitrogens with zero attached hydrogens (tertiary/aromatic N) is 1. The SMILES string of the molecule is COC(=O)CC1CCN(C(=O)c2ccc(-c3ccc(C(=N)NC(=O)OCc4ccccc4)cc3)cc2)CC1. The molecule has 196 valence electrons. The number of amidine groups is 1. The normalized spacial score (nSPS) is 13.4. The minimum absolute atomic E-state index is 0.0120. The van der Waals surface area contributed by atoms with Crippen molar-refractivity contribution >= 4 is 23.8 Å². The number of carbonyl (C=O) groups excluding carboxylic acids is 3. The molecule has 3 aromatic carbocycles. The molecule has 0 aromatic heterocycles. The predicted octanol–water partition coefficient (Wildman–Crippen LogP) is 5.02. The van der Waals surface area contributed by atoms with Gasteiger partial charge < -0.3 is 14.4 Å². The maximum Gasteiger partial charge on any atom is 0.413 e. The van der Waals surface area contributed by atoms with Gasteiger partial charge in [-0.1, -0.05) is 66.7 Å². The summed E-state index contributed by atoms with van der Waals surface area (Å²) in [4.78, 5) is 38.3. The van der Waals surface area contributed by atoms with Crippen molar-refractivity contribution in [3.8, 4) is 11.1 Å². The Labute approximate surface area is 222 Å². The standard InChI is InChI=1S/C30H31N3O5/c1-37-27(34)19-21-15-17-33(18-16-21)29(35)26-13-9-24(10-14-26)23-7-11-25(12-8-23)28(31)32-30(36)38-20-22-5-3-2-4-6-22/h2-14,21H,15-20H2,1H3,(H2,31,32,36). The van der Waals surface area contributed by atoms with E-state index >= 15 is 0 Å². The van der Waals surface area contributed by atoms with Crippen LogP contribution >= 0.6 is 0 Å². The highest BCUT2D eigenvalue weighted by atomic mass is 16.5.